The van der Waals surface area contributed by atoms with Crippen LogP contribution in [0.5, 0.6) is 0 Å². The Morgan fingerprint density at radius 1 is 1.15 bits per heavy atom. The number of hydrogen-bond acceptors (Lipinski definition) is 5. The van der Waals surface area contributed by atoms with Gasteiger partial charge in [0.05, 0.1) is 11.5 Å². The third-order valence-corrected chi connectivity index (χ3v) is 5.91. The van der Waals surface area contributed by atoms with Crippen molar-refractivity contribution in [1.82, 2.24) is 10.3 Å². The summed E-state index contributed by atoms with van der Waals surface area (Å²) in [6, 6.07) is 9.07. The van der Waals surface area contributed by atoms with Crippen molar-refractivity contribution < 1.29 is 18.0 Å². The zero-order valence-corrected chi connectivity index (χ0v) is 15.2. The van der Waals surface area contributed by atoms with Crippen LogP contribution in [-0.2, 0) is 9.84 Å². The molecule has 2 aromatic rings. The fourth-order valence-electron chi connectivity index (χ4n) is 2.63. The molecule has 0 aliphatic carbocycles. The fourth-order valence-corrected chi connectivity index (χ4v) is 4.50. The zero-order valence-electron chi connectivity index (χ0n) is 13.6. The van der Waals surface area contributed by atoms with Gasteiger partial charge in [0, 0.05) is 28.5 Å². The number of amides is 2. The van der Waals surface area contributed by atoms with E-state index >= 15 is 0 Å². The molecule has 136 valence electrons. The summed E-state index contributed by atoms with van der Waals surface area (Å²) in [5.74, 6) is -0.912. The van der Waals surface area contributed by atoms with Crippen LogP contribution in [0, 0.1) is 0 Å². The highest BCUT2D eigenvalue weighted by molar-refractivity contribution is 7.91. The minimum Gasteiger partial charge on any atom is -0.348 e. The molecule has 3 rings (SSSR count). The highest BCUT2D eigenvalue weighted by Gasteiger charge is 2.29. The van der Waals surface area contributed by atoms with E-state index in [1.165, 1.54) is 18.3 Å². The lowest BCUT2D eigenvalue weighted by Gasteiger charge is -2.11. The van der Waals surface area contributed by atoms with Crippen molar-refractivity contribution in [3.8, 4) is 0 Å². The Balaban J connectivity index is 1.69. The molecule has 1 unspecified atom stereocenters. The molecule has 1 saturated heterocycles. The van der Waals surface area contributed by atoms with E-state index in [4.69, 9.17) is 11.6 Å². The van der Waals surface area contributed by atoms with Gasteiger partial charge in [0.15, 0.2) is 9.84 Å². The second-order valence-electron chi connectivity index (χ2n) is 5.97. The minimum atomic E-state index is -3.08. The molecule has 1 atom stereocenters. The van der Waals surface area contributed by atoms with Gasteiger partial charge in [0.25, 0.3) is 11.8 Å². The number of halogens is 1. The normalized spacial score (nSPS) is 18.3. The van der Waals surface area contributed by atoms with Crippen molar-refractivity contribution >= 4 is 38.9 Å². The number of nitrogens with zero attached hydrogens (tertiary/aromatic N) is 1. The largest absolute Gasteiger partial charge is 0.348 e. The fraction of sp³-hybridized carbons (Fsp3) is 0.235. The molecule has 26 heavy (non-hydrogen) atoms. The van der Waals surface area contributed by atoms with Gasteiger partial charge < -0.3 is 10.6 Å². The molecule has 0 radical (unpaired) electrons. The molecule has 0 saturated carbocycles. The van der Waals surface area contributed by atoms with E-state index in [1.54, 1.807) is 24.3 Å². The Morgan fingerprint density at radius 2 is 1.96 bits per heavy atom. The molecular formula is C17H16ClN3O4S. The number of pyridine rings is 1. The molecule has 9 heteroatoms. The second kappa shape index (κ2) is 7.43. The third kappa shape index (κ3) is 4.59. The lowest BCUT2D eigenvalue weighted by molar-refractivity contribution is 0.0941. The van der Waals surface area contributed by atoms with Gasteiger partial charge in [-0.15, -0.1) is 0 Å². The van der Waals surface area contributed by atoms with E-state index in [0.717, 1.165) is 0 Å². The monoisotopic (exact) mass is 393 g/mol. The second-order valence-corrected chi connectivity index (χ2v) is 8.63. The lowest BCUT2D eigenvalue weighted by atomic mass is 10.2. The molecule has 1 aliphatic heterocycles. The standard InChI is InChI=1S/C17H16ClN3O4S/c18-12-2-1-3-13(9-12)20-17(23)15-8-11(4-6-19-15)16(22)21-14-5-7-26(24,25)10-14/h1-4,6,8-9,14H,5,7,10H2,(H,20,23)(H,21,22). The van der Waals surface area contributed by atoms with Crippen molar-refractivity contribution in [2.75, 3.05) is 16.8 Å². The number of rotatable bonds is 4. The van der Waals surface area contributed by atoms with Crippen LogP contribution in [0.2, 0.25) is 5.02 Å². The van der Waals surface area contributed by atoms with E-state index in [2.05, 4.69) is 15.6 Å². The summed E-state index contributed by atoms with van der Waals surface area (Å²) in [6.45, 7) is 0. The summed E-state index contributed by atoms with van der Waals surface area (Å²) >= 11 is 5.88. The number of sulfone groups is 1. The van der Waals surface area contributed by atoms with Gasteiger partial charge in [-0.3, -0.25) is 14.6 Å². The number of anilines is 1. The smallest absolute Gasteiger partial charge is 0.274 e. The number of benzene rings is 1. The van der Waals surface area contributed by atoms with Gasteiger partial charge in [0.1, 0.15) is 5.69 Å². The van der Waals surface area contributed by atoms with Crippen LogP contribution in [0.25, 0.3) is 0 Å². The van der Waals surface area contributed by atoms with E-state index in [9.17, 15) is 18.0 Å². The third-order valence-electron chi connectivity index (χ3n) is 3.90. The van der Waals surface area contributed by atoms with Gasteiger partial charge in [-0.2, -0.15) is 0 Å². The topological polar surface area (TPSA) is 105 Å². The van der Waals surface area contributed by atoms with Gasteiger partial charge in [-0.25, -0.2) is 8.42 Å². The molecule has 1 aromatic carbocycles. The van der Waals surface area contributed by atoms with Gasteiger partial charge in [-0.05, 0) is 36.8 Å². The first-order valence-electron chi connectivity index (χ1n) is 7.87. The summed E-state index contributed by atoms with van der Waals surface area (Å²) in [6.07, 6.45) is 1.74. The molecule has 1 fully saturated rings. The summed E-state index contributed by atoms with van der Waals surface area (Å²) in [7, 11) is -3.08. The van der Waals surface area contributed by atoms with E-state index in [1.807, 2.05) is 0 Å². The Hall–Kier alpha value is -2.45. The van der Waals surface area contributed by atoms with Crippen LogP contribution < -0.4 is 10.6 Å². The summed E-state index contributed by atoms with van der Waals surface area (Å²) in [4.78, 5) is 28.6. The molecule has 0 bridgehead atoms. The van der Waals surface area contributed by atoms with Crippen LogP contribution in [0.4, 0.5) is 5.69 Å². The van der Waals surface area contributed by atoms with Crippen LogP contribution in [0.15, 0.2) is 42.6 Å². The number of carbonyl (C=O) groups is 2. The summed E-state index contributed by atoms with van der Waals surface area (Å²) in [5.41, 5.74) is 0.813. The highest BCUT2D eigenvalue weighted by atomic mass is 35.5. The SMILES string of the molecule is O=C(NC1CCS(=O)(=O)C1)c1ccnc(C(=O)Nc2cccc(Cl)c2)c1. The van der Waals surface area contributed by atoms with Gasteiger partial charge >= 0.3 is 0 Å². The maximum atomic E-state index is 12.3. The molecule has 2 amide bonds. The predicted molar refractivity (Wildman–Crippen MR) is 98.2 cm³/mol. The van der Waals surface area contributed by atoms with E-state index in [0.29, 0.717) is 17.1 Å². The van der Waals surface area contributed by atoms with Crippen molar-refractivity contribution in [2.24, 2.45) is 0 Å². The van der Waals surface area contributed by atoms with Crippen LogP contribution in [0.3, 0.4) is 0 Å². The molecule has 1 aliphatic rings. The van der Waals surface area contributed by atoms with Gasteiger partial charge in [0.2, 0.25) is 0 Å². The Labute approximate surface area is 155 Å². The average molecular weight is 394 g/mol. The highest BCUT2D eigenvalue weighted by Crippen LogP contribution is 2.16. The lowest BCUT2D eigenvalue weighted by Crippen LogP contribution is -2.35. The first kappa shape index (κ1) is 18.3. The Bertz CT molecular complexity index is 962. The van der Waals surface area contributed by atoms with Crippen molar-refractivity contribution in [3.05, 3.63) is 58.9 Å². The molecule has 2 heterocycles. The number of carbonyl (C=O) groups excluding carboxylic acids is 2. The van der Waals surface area contributed by atoms with Crippen molar-refractivity contribution in [2.45, 2.75) is 12.5 Å². The zero-order chi connectivity index (χ0) is 18.7. The number of hydrogen-bond donors (Lipinski definition) is 2. The van der Waals surface area contributed by atoms with Gasteiger partial charge in [-0.1, -0.05) is 17.7 Å². The average Bonchev–Trinajstić information content (AvgIpc) is 2.93. The molecule has 0 spiro atoms. The predicted octanol–water partition coefficient (Wildman–Crippen LogP) is 1.90. The molecule has 7 nitrogen and oxygen atoms in total. The Morgan fingerprint density at radius 3 is 2.65 bits per heavy atom. The maximum absolute atomic E-state index is 12.3. The number of aromatic nitrogens is 1. The van der Waals surface area contributed by atoms with Crippen LogP contribution in [-0.4, -0.2) is 42.8 Å². The quantitative estimate of drug-likeness (QED) is 0.825. The van der Waals surface area contributed by atoms with E-state index < -0.39 is 27.7 Å². The molecular weight excluding hydrogens is 378 g/mol. The van der Waals surface area contributed by atoms with Crippen LogP contribution >= 0.6 is 11.6 Å². The molecule has 1 aromatic heterocycles. The summed E-state index contributed by atoms with van der Waals surface area (Å²) in [5, 5.41) is 5.81. The van der Waals surface area contributed by atoms with Crippen molar-refractivity contribution in [1.29, 1.82) is 0 Å². The Kier molecular flexibility index (Phi) is 5.24. The first-order valence-corrected chi connectivity index (χ1v) is 10.1. The van der Waals surface area contributed by atoms with E-state index in [-0.39, 0.29) is 22.8 Å². The number of nitrogens with one attached hydrogen (secondary N) is 2. The van der Waals surface area contributed by atoms with Crippen molar-refractivity contribution in [3.63, 3.8) is 0 Å². The minimum absolute atomic E-state index is 0.0636. The van der Waals surface area contributed by atoms with Crippen LogP contribution in [0.1, 0.15) is 27.3 Å². The first-order chi connectivity index (χ1) is 12.3. The molecule has 2 N–H and O–H groups in total. The maximum Gasteiger partial charge on any atom is 0.274 e. The summed E-state index contributed by atoms with van der Waals surface area (Å²) < 4.78 is 23.0.